The molecule has 0 spiro atoms. The van der Waals surface area contributed by atoms with Gasteiger partial charge in [0.15, 0.2) is 11.5 Å². The maximum atomic E-state index is 8.95. The molecule has 0 saturated carbocycles. The van der Waals surface area contributed by atoms with Gasteiger partial charge in [-0.25, -0.2) is 15.0 Å². The molecule has 90 valence electrons. The average Bonchev–Trinajstić information content (AvgIpc) is 2.78. The van der Waals surface area contributed by atoms with Crippen molar-refractivity contribution in [1.82, 2.24) is 19.9 Å². The van der Waals surface area contributed by atoms with E-state index >= 15 is 0 Å². The average molecular weight is 233 g/mol. The van der Waals surface area contributed by atoms with E-state index in [1.54, 1.807) is 6.33 Å². The normalized spacial score (nSPS) is 13.9. The molecule has 6 heteroatoms. The Kier molecular flexibility index (Phi) is 3.34. The molecule has 2 aromatic heterocycles. The number of nitrogens with zero attached hydrogens (tertiary/aromatic N) is 3. The molecule has 0 aliphatic carbocycles. The van der Waals surface area contributed by atoms with Crippen molar-refractivity contribution >= 4 is 17.0 Å². The van der Waals surface area contributed by atoms with Gasteiger partial charge in [0.1, 0.15) is 11.8 Å². The van der Waals surface area contributed by atoms with Gasteiger partial charge >= 0.3 is 0 Å². The summed E-state index contributed by atoms with van der Waals surface area (Å²) in [6.45, 7) is 3.93. The van der Waals surface area contributed by atoms with Crippen LogP contribution in [0.15, 0.2) is 24.3 Å². The number of H-pyrrole nitrogens is 1. The van der Waals surface area contributed by atoms with Crippen molar-refractivity contribution in [2.24, 2.45) is 0 Å². The Morgan fingerprint density at radius 1 is 1.53 bits per heavy atom. The van der Waals surface area contributed by atoms with Gasteiger partial charge in [0, 0.05) is 6.04 Å². The molecule has 0 bridgehead atoms. The van der Waals surface area contributed by atoms with Crippen molar-refractivity contribution in [3.8, 4) is 0 Å². The van der Waals surface area contributed by atoms with E-state index in [1.165, 1.54) is 6.33 Å². The zero-order valence-corrected chi connectivity index (χ0v) is 9.81. The number of rotatable bonds is 4. The quantitative estimate of drug-likeness (QED) is 0.688. The summed E-state index contributed by atoms with van der Waals surface area (Å²) in [6, 6.07) is 0.0727. The summed E-state index contributed by atoms with van der Waals surface area (Å²) in [5, 5.41) is 12.2. The molecule has 6 nitrogen and oxygen atoms in total. The number of nitrogens with one attached hydrogen (secondary N) is 2. The SMILES string of the molecule is C/C(=C\[C@H](C)Nc1ncnc2nc[nH]c12)CO. The Labute approximate surface area is 98.8 Å². The maximum absolute atomic E-state index is 8.95. The van der Waals surface area contributed by atoms with Gasteiger partial charge in [0.05, 0.1) is 12.9 Å². The minimum Gasteiger partial charge on any atom is -0.392 e. The number of hydrogen-bond donors (Lipinski definition) is 3. The Balaban J connectivity index is 2.21. The van der Waals surface area contributed by atoms with E-state index in [0.717, 1.165) is 11.1 Å². The number of aliphatic hydroxyl groups excluding tert-OH is 1. The Hall–Kier alpha value is -1.95. The number of imidazole rings is 1. The van der Waals surface area contributed by atoms with Gasteiger partial charge in [-0.05, 0) is 13.8 Å². The van der Waals surface area contributed by atoms with Gasteiger partial charge < -0.3 is 15.4 Å². The number of hydrogen-bond acceptors (Lipinski definition) is 5. The third-order valence-electron chi connectivity index (χ3n) is 2.37. The van der Waals surface area contributed by atoms with E-state index in [2.05, 4.69) is 25.3 Å². The molecule has 0 fully saturated rings. The molecule has 0 amide bonds. The Morgan fingerprint density at radius 2 is 2.35 bits per heavy atom. The van der Waals surface area contributed by atoms with Crippen molar-refractivity contribution in [1.29, 1.82) is 0 Å². The minimum atomic E-state index is 0.0647. The van der Waals surface area contributed by atoms with Gasteiger partial charge in [-0.3, -0.25) is 0 Å². The van der Waals surface area contributed by atoms with Crippen LogP contribution in [0.1, 0.15) is 13.8 Å². The monoisotopic (exact) mass is 233 g/mol. The van der Waals surface area contributed by atoms with Crippen molar-refractivity contribution in [3.63, 3.8) is 0 Å². The maximum Gasteiger partial charge on any atom is 0.182 e. The smallest absolute Gasteiger partial charge is 0.182 e. The minimum absolute atomic E-state index is 0.0647. The fraction of sp³-hybridized carbons (Fsp3) is 0.364. The van der Waals surface area contributed by atoms with Crippen LogP contribution in [0, 0.1) is 0 Å². The first-order valence-electron chi connectivity index (χ1n) is 5.39. The predicted molar refractivity (Wildman–Crippen MR) is 65.6 cm³/mol. The second-order valence-electron chi connectivity index (χ2n) is 3.93. The van der Waals surface area contributed by atoms with E-state index < -0.39 is 0 Å². The van der Waals surface area contributed by atoms with Crippen molar-refractivity contribution < 1.29 is 5.11 Å². The molecule has 0 radical (unpaired) electrons. The number of aliphatic hydroxyl groups is 1. The molecular formula is C11H15N5O. The van der Waals surface area contributed by atoms with Crippen LogP contribution in [0.3, 0.4) is 0 Å². The molecule has 0 aliphatic rings. The highest BCUT2D eigenvalue weighted by Gasteiger charge is 2.07. The van der Waals surface area contributed by atoms with Gasteiger partial charge in [-0.1, -0.05) is 11.6 Å². The Bertz CT molecular complexity index is 533. The number of aromatic nitrogens is 4. The summed E-state index contributed by atoms with van der Waals surface area (Å²) in [4.78, 5) is 15.3. The second kappa shape index (κ2) is 4.92. The molecule has 2 aromatic rings. The lowest BCUT2D eigenvalue weighted by atomic mass is 10.2. The predicted octanol–water partition coefficient (Wildman–Crippen LogP) is 1.09. The summed E-state index contributed by atoms with van der Waals surface area (Å²) >= 11 is 0. The lowest BCUT2D eigenvalue weighted by molar-refractivity contribution is 0.331. The van der Waals surface area contributed by atoms with Gasteiger partial charge in [0.2, 0.25) is 0 Å². The fourth-order valence-electron chi connectivity index (χ4n) is 1.61. The van der Waals surface area contributed by atoms with Crippen LogP contribution in [0.2, 0.25) is 0 Å². The summed E-state index contributed by atoms with van der Waals surface area (Å²) in [5.74, 6) is 0.710. The zero-order valence-electron chi connectivity index (χ0n) is 9.81. The van der Waals surface area contributed by atoms with Gasteiger partial charge in [0.25, 0.3) is 0 Å². The number of fused-ring (bicyclic) bond motifs is 1. The molecule has 17 heavy (non-hydrogen) atoms. The number of aromatic amines is 1. The molecule has 1 atom stereocenters. The second-order valence-corrected chi connectivity index (χ2v) is 3.93. The van der Waals surface area contributed by atoms with E-state index in [9.17, 15) is 0 Å². The highest BCUT2D eigenvalue weighted by Crippen LogP contribution is 2.15. The van der Waals surface area contributed by atoms with E-state index in [-0.39, 0.29) is 12.6 Å². The standard InChI is InChI=1S/C11H15N5O/c1-7(4-17)3-8(2)16-11-9-10(13-5-12-9)14-6-15-11/h3,5-6,8,17H,4H2,1-2H3,(H2,12,13,14,15,16)/b7-3+/t8-/m0/s1. The van der Waals surface area contributed by atoms with Crippen LogP contribution >= 0.6 is 0 Å². The van der Waals surface area contributed by atoms with Crippen molar-refractivity contribution in [3.05, 3.63) is 24.3 Å². The first-order valence-corrected chi connectivity index (χ1v) is 5.39. The number of anilines is 1. The van der Waals surface area contributed by atoms with Gasteiger partial charge in [-0.15, -0.1) is 0 Å². The molecular weight excluding hydrogens is 218 g/mol. The summed E-state index contributed by atoms with van der Waals surface area (Å²) < 4.78 is 0. The zero-order chi connectivity index (χ0) is 12.3. The summed E-state index contributed by atoms with van der Waals surface area (Å²) in [7, 11) is 0. The molecule has 3 N–H and O–H groups in total. The molecule has 0 aliphatic heterocycles. The van der Waals surface area contributed by atoms with E-state index in [1.807, 2.05) is 19.9 Å². The van der Waals surface area contributed by atoms with E-state index in [0.29, 0.717) is 11.5 Å². The molecule has 2 heterocycles. The van der Waals surface area contributed by atoms with Crippen LogP contribution in [0.4, 0.5) is 5.82 Å². The Morgan fingerprint density at radius 3 is 3.12 bits per heavy atom. The lowest BCUT2D eigenvalue weighted by Crippen LogP contribution is -2.14. The highest BCUT2D eigenvalue weighted by molar-refractivity contribution is 5.82. The summed E-state index contributed by atoms with van der Waals surface area (Å²) in [6.07, 6.45) is 5.01. The molecule has 0 saturated heterocycles. The molecule has 0 aromatic carbocycles. The first-order chi connectivity index (χ1) is 8.20. The first kappa shape index (κ1) is 11.5. The van der Waals surface area contributed by atoms with Crippen LogP contribution in [-0.2, 0) is 0 Å². The van der Waals surface area contributed by atoms with Crippen LogP contribution in [0.25, 0.3) is 11.2 Å². The highest BCUT2D eigenvalue weighted by atomic mass is 16.3. The van der Waals surface area contributed by atoms with E-state index in [4.69, 9.17) is 5.11 Å². The van der Waals surface area contributed by atoms with Crippen LogP contribution in [-0.4, -0.2) is 37.7 Å². The van der Waals surface area contributed by atoms with Crippen LogP contribution in [0.5, 0.6) is 0 Å². The largest absolute Gasteiger partial charge is 0.392 e. The third-order valence-corrected chi connectivity index (χ3v) is 2.37. The summed E-state index contributed by atoms with van der Waals surface area (Å²) in [5.41, 5.74) is 2.34. The third kappa shape index (κ3) is 2.59. The van der Waals surface area contributed by atoms with Gasteiger partial charge in [-0.2, -0.15) is 0 Å². The molecule has 0 unspecified atom stereocenters. The lowest BCUT2D eigenvalue weighted by Gasteiger charge is -2.11. The van der Waals surface area contributed by atoms with Crippen molar-refractivity contribution in [2.45, 2.75) is 19.9 Å². The van der Waals surface area contributed by atoms with Crippen LogP contribution < -0.4 is 5.32 Å². The molecule has 2 rings (SSSR count). The van der Waals surface area contributed by atoms with Crippen molar-refractivity contribution in [2.75, 3.05) is 11.9 Å². The topological polar surface area (TPSA) is 86.7 Å². The fourth-order valence-corrected chi connectivity index (χ4v) is 1.61.